The molecule has 5 rings (SSSR count). The number of hydrogen-bond donors (Lipinski definition) is 0. The third-order valence-electron chi connectivity index (χ3n) is 6.00. The van der Waals surface area contributed by atoms with Gasteiger partial charge in [0.05, 0.1) is 22.7 Å². The fourth-order valence-corrected chi connectivity index (χ4v) is 4.94. The van der Waals surface area contributed by atoms with E-state index in [1.807, 2.05) is 43.3 Å². The van der Waals surface area contributed by atoms with Crippen LogP contribution in [0.25, 0.3) is 11.3 Å². The number of Topliss-reactive ketones (excluding diaryl/α,β-unsaturated/α-hetero) is 1. The summed E-state index contributed by atoms with van der Waals surface area (Å²) >= 11 is 12.4. The number of hydrogen-bond acceptors (Lipinski definition) is 5. The highest BCUT2D eigenvalue weighted by Gasteiger charge is 2.44. The Morgan fingerprint density at radius 3 is 2.52 bits per heavy atom. The van der Waals surface area contributed by atoms with Crippen molar-refractivity contribution in [3.8, 4) is 17.0 Å². The lowest BCUT2D eigenvalue weighted by molar-refractivity contribution is 0.0232. The normalized spacial score (nSPS) is 17.4. The maximum atomic E-state index is 12.8. The van der Waals surface area contributed by atoms with Gasteiger partial charge in [-0.2, -0.15) is 0 Å². The van der Waals surface area contributed by atoms with Crippen LogP contribution < -0.4 is 9.64 Å². The first-order valence-electron chi connectivity index (χ1n) is 10.3. The molecule has 2 aliphatic heterocycles. The molecule has 3 aromatic rings. The predicted octanol–water partition coefficient (Wildman–Crippen LogP) is 5.76. The number of halogens is 2. The van der Waals surface area contributed by atoms with E-state index in [4.69, 9.17) is 27.9 Å². The minimum atomic E-state index is -0.539. The monoisotopic (exact) mass is 453 g/mol. The van der Waals surface area contributed by atoms with E-state index < -0.39 is 5.60 Å². The van der Waals surface area contributed by atoms with E-state index in [1.54, 1.807) is 12.1 Å². The zero-order valence-corrected chi connectivity index (χ0v) is 18.6. The molecule has 3 heterocycles. The van der Waals surface area contributed by atoms with Gasteiger partial charge < -0.3 is 9.64 Å². The number of aromatic nitrogens is 2. The first kappa shape index (κ1) is 20.3. The van der Waals surface area contributed by atoms with Crippen molar-refractivity contribution in [2.75, 3.05) is 18.0 Å². The summed E-state index contributed by atoms with van der Waals surface area (Å²) in [5.74, 6) is 2.12. The number of rotatable bonds is 2. The molecular formula is C24H21Cl2N3O2. The van der Waals surface area contributed by atoms with Crippen LogP contribution in [0.15, 0.2) is 48.5 Å². The van der Waals surface area contributed by atoms with Crippen LogP contribution in [0.2, 0.25) is 10.0 Å². The Morgan fingerprint density at radius 2 is 1.77 bits per heavy atom. The van der Waals surface area contributed by atoms with Gasteiger partial charge in [-0.15, -0.1) is 0 Å². The van der Waals surface area contributed by atoms with E-state index in [2.05, 4.69) is 14.9 Å². The average Bonchev–Trinajstić information content (AvgIpc) is 2.75. The number of carbonyl (C=O) groups is 1. The van der Waals surface area contributed by atoms with Gasteiger partial charge in [0.2, 0.25) is 0 Å². The Balaban J connectivity index is 1.38. The van der Waals surface area contributed by atoms with Crippen LogP contribution >= 0.6 is 23.2 Å². The number of anilines is 1. The molecule has 1 aromatic heterocycles. The summed E-state index contributed by atoms with van der Waals surface area (Å²) in [6, 6.07) is 15.4. The fraction of sp³-hybridized carbons (Fsp3) is 0.292. The van der Waals surface area contributed by atoms with Crippen molar-refractivity contribution < 1.29 is 9.53 Å². The molecule has 2 aromatic carbocycles. The SMILES string of the molecule is Cc1nc(-c2ccccc2)cc(N2CCC3(CC2)CC(=O)c2cc(Cl)cc(Cl)c2O3)n1. The number of ketones is 1. The summed E-state index contributed by atoms with van der Waals surface area (Å²) in [6.45, 7) is 3.38. The standard InChI is InChI=1S/C24H21Cl2N3O2/c1-15-27-20(16-5-3-2-4-6-16)13-22(28-15)29-9-7-24(8-10-29)14-21(30)18-11-17(25)12-19(26)23(18)31-24/h2-6,11-13H,7-10,14H2,1H3. The highest BCUT2D eigenvalue weighted by Crippen LogP contribution is 2.44. The van der Waals surface area contributed by atoms with Crippen LogP contribution in [-0.2, 0) is 0 Å². The van der Waals surface area contributed by atoms with Crippen LogP contribution in [0.1, 0.15) is 35.4 Å². The van der Waals surface area contributed by atoms with Crippen molar-refractivity contribution in [1.29, 1.82) is 0 Å². The van der Waals surface area contributed by atoms with Crippen LogP contribution in [0.4, 0.5) is 5.82 Å². The second kappa shape index (κ2) is 7.81. The molecule has 0 aliphatic carbocycles. The molecule has 7 heteroatoms. The van der Waals surface area contributed by atoms with Gasteiger partial charge in [-0.3, -0.25) is 4.79 Å². The van der Waals surface area contributed by atoms with E-state index in [-0.39, 0.29) is 5.78 Å². The maximum Gasteiger partial charge on any atom is 0.170 e. The molecule has 31 heavy (non-hydrogen) atoms. The Hall–Kier alpha value is -2.63. The molecule has 2 aliphatic rings. The molecule has 0 saturated carbocycles. The zero-order valence-electron chi connectivity index (χ0n) is 17.1. The van der Waals surface area contributed by atoms with Crippen LogP contribution in [-0.4, -0.2) is 34.4 Å². The number of aryl methyl sites for hydroxylation is 1. The Bertz CT molecular complexity index is 1160. The lowest BCUT2D eigenvalue weighted by Gasteiger charge is -2.44. The Morgan fingerprint density at radius 1 is 1.03 bits per heavy atom. The first-order chi connectivity index (χ1) is 14.9. The molecule has 1 spiro atoms. The topological polar surface area (TPSA) is 55.3 Å². The van der Waals surface area contributed by atoms with Crippen LogP contribution in [0.5, 0.6) is 5.75 Å². The molecule has 0 atom stereocenters. The van der Waals surface area contributed by atoms with E-state index in [1.165, 1.54) is 0 Å². The van der Waals surface area contributed by atoms with E-state index in [0.717, 1.165) is 36.0 Å². The molecule has 0 N–H and O–H groups in total. The summed E-state index contributed by atoms with van der Waals surface area (Å²) in [7, 11) is 0. The summed E-state index contributed by atoms with van der Waals surface area (Å²) < 4.78 is 6.35. The number of piperidine rings is 1. The summed E-state index contributed by atoms with van der Waals surface area (Å²) in [5, 5.41) is 0.830. The Labute approximate surface area is 191 Å². The van der Waals surface area contributed by atoms with Gasteiger partial charge in [0, 0.05) is 42.6 Å². The van der Waals surface area contributed by atoms with E-state index >= 15 is 0 Å². The number of fused-ring (bicyclic) bond motifs is 1. The summed E-state index contributed by atoms with van der Waals surface area (Å²) in [6.07, 6.45) is 1.75. The highest BCUT2D eigenvalue weighted by molar-refractivity contribution is 6.36. The van der Waals surface area contributed by atoms with Gasteiger partial charge in [-0.1, -0.05) is 53.5 Å². The quantitative estimate of drug-likeness (QED) is 0.493. The number of nitrogens with zero attached hydrogens (tertiary/aromatic N) is 3. The van der Waals surface area contributed by atoms with Gasteiger partial charge >= 0.3 is 0 Å². The number of ether oxygens (including phenoxy) is 1. The minimum absolute atomic E-state index is 0.0309. The Kier molecular flexibility index (Phi) is 5.11. The van der Waals surface area contributed by atoms with Gasteiger partial charge in [-0.25, -0.2) is 9.97 Å². The number of carbonyl (C=O) groups excluding carboxylic acids is 1. The molecule has 0 radical (unpaired) electrons. The zero-order chi connectivity index (χ0) is 21.6. The van der Waals surface area contributed by atoms with Gasteiger partial charge in [-0.05, 0) is 19.1 Å². The van der Waals surface area contributed by atoms with Gasteiger partial charge in [0.25, 0.3) is 0 Å². The van der Waals surface area contributed by atoms with Crippen molar-refractivity contribution in [1.82, 2.24) is 9.97 Å². The third kappa shape index (κ3) is 3.88. The molecule has 1 fully saturated rings. The predicted molar refractivity (Wildman–Crippen MR) is 122 cm³/mol. The molecule has 0 bridgehead atoms. The largest absolute Gasteiger partial charge is 0.484 e. The van der Waals surface area contributed by atoms with Crippen molar-refractivity contribution in [2.24, 2.45) is 0 Å². The average molecular weight is 454 g/mol. The van der Waals surface area contributed by atoms with Gasteiger partial charge in [0.1, 0.15) is 23.0 Å². The lowest BCUT2D eigenvalue weighted by atomic mass is 9.82. The summed E-state index contributed by atoms with van der Waals surface area (Å²) in [4.78, 5) is 24.3. The molecule has 0 amide bonds. The van der Waals surface area contributed by atoms with Gasteiger partial charge in [0.15, 0.2) is 5.78 Å². The molecule has 0 unspecified atom stereocenters. The third-order valence-corrected chi connectivity index (χ3v) is 6.50. The summed E-state index contributed by atoms with van der Waals surface area (Å²) in [5.41, 5.74) is 1.91. The molecule has 5 nitrogen and oxygen atoms in total. The molecule has 158 valence electrons. The smallest absolute Gasteiger partial charge is 0.170 e. The second-order valence-corrected chi connectivity index (χ2v) is 9.00. The van der Waals surface area contributed by atoms with E-state index in [0.29, 0.717) is 40.6 Å². The van der Waals surface area contributed by atoms with Crippen LogP contribution in [0.3, 0.4) is 0 Å². The van der Waals surface area contributed by atoms with Crippen LogP contribution in [0, 0.1) is 6.92 Å². The minimum Gasteiger partial charge on any atom is -0.484 e. The fourth-order valence-electron chi connectivity index (χ4n) is 4.40. The second-order valence-electron chi connectivity index (χ2n) is 8.16. The first-order valence-corrected chi connectivity index (χ1v) is 11.1. The van der Waals surface area contributed by atoms with Crippen molar-refractivity contribution in [3.63, 3.8) is 0 Å². The molecule has 1 saturated heterocycles. The van der Waals surface area contributed by atoms with Crippen molar-refractivity contribution >= 4 is 34.8 Å². The van der Waals surface area contributed by atoms with Crippen molar-refractivity contribution in [3.05, 3.63) is 70.0 Å². The highest BCUT2D eigenvalue weighted by atomic mass is 35.5. The van der Waals surface area contributed by atoms with E-state index in [9.17, 15) is 4.79 Å². The molecular weight excluding hydrogens is 433 g/mol. The van der Waals surface area contributed by atoms with Crippen molar-refractivity contribution in [2.45, 2.75) is 31.8 Å². The maximum absolute atomic E-state index is 12.8. The lowest BCUT2D eigenvalue weighted by Crippen LogP contribution is -2.51. The number of benzene rings is 2.